The van der Waals surface area contributed by atoms with Gasteiger partial charge in [-0.1, -0.05) is 32.6 Å². The summed E-state index contributed by atoms with van der Waals surface area (Å²) in [6, 6.07) is 0. The van der Waals surface area contributed by atoms with Crippen molar-refractivity contribution in [3.8, 4) is 0 Å². The minimum Gasteiger partial charge on any atom is -0.370 e. The van der Waals surface area contributed by atoms with Gasteiger partial charge in [0.05, 0.1) is 0 Å². The van der Waals surface area contributed by atoms with Gasteiger partial charge in [0, 0.05) is 24.8 Å². The molecule has 0 aromatic carbocycles. The minimum atomic E-state index is 0.732. The van der Waals surface area contributed by atoms with Crippen molar-refractivity contribution >= 4 is 11.8 Å². The van der Waals surface area contributed by atoms with Crippen LogP contribution in [0.3, 0.4) is 0 Å². The summed E-state index contributed by atoms with van der Waals surface area (Å²) in [4.78, 5) is 8.84. The van der Waals surface area contributed by atoms with Crippen molar-refractivity contribution in [1.29, 1.82) is 0 Å². The quantitative estimate of drug-likeness (QED) is 0.788. The van der Waals surface area contributed by atoms with E-state index in [4.69, 9.17) is 0 Å². The predicted molar refractivity (Wildman–Crippen MR) is 80.6 cm³/mol. The maximum Gasteiger partial charge on any atom is 0.224 e. The van der Waals surface area contributed by atoms with Gasteiger partial charge in [-0.05, 0) is 25.7 Å². The van der Waals surface area contributed by atoms with E-state index < -0.39 is 0 Å². The summed E-state index contributed by atoms with van der Waals surface area (Å²) in [7, 11) is 0. The molecule has 0 radical (unpaired) electrons. The molecule has 0 atom stereocenters. The van der Waals surface area contributed by atoms with E-state index in [1.807, 2.05) is 6.20 Å². The number of aryl methyl sites for hydroxylation is 1. The molecule has 0 amide bonds. The molecule has 4 nitrogen and oxygen atoms in total. The topological polar surface area (TPSA) is 49.8 Å². The number of hydrogen-bond acceptors (Lipinski definition) is 4. The first-order valence-electron chi connectivity index (χ1n) is 7.61. The minimum absolute atomic E-state index is 0.732. The molecule has 0 aliphatic heterocycles. The fourth-order valence-corrected chi connectivity index (χ4v) is 2.64. The Hall–Kier alpha value is -1.32. The molecule has 0 unspecified atom stereocenters. The molecule has 0 bridgehead atoms. The van der Waals surface area contributed by atoms with Crippen LogP contribution in [0, 0.1) is 12.8 Å². The maximum absolute atomic E-state index is 4.54. The van der Waals surface area contributed by atoms with Gasteiger partial charge in [-0.2, -0.15) is 4.98 Å². The number of hydrogen-bond donors (Lipinski definition) is 2. The fourth-order valence-electron chi connectivity index (χ4n) is 2.64. The van der Waals surface area contributed by atoms with E-state index in [1.165, 1.54) is 32.1 Å². The van der Waals surface area contributed by atoms with Gasteiger partial charge in [-0.3, -0.25) is 0 Å². The second-order valence-electron chi connectivity index (χ2n) is 5.52. The lowest BCUT2D eigenvalue weighted by Crippen LogP contribution is -2.11. The van der Waals surface area contributed by atoms with Crippen LogP contribution in [0.2, 0.25) is 0 Å². The van der Waals surface area contributed by atoms with Crippen LogP contribution >= 0.6 is 0 Å². The SMILES string of the molecule is CCCNc1ncc(C)c(NCCC2CCCC2)n1. The number of aromatic nitrogens is 2. The van der Waals surface area contributed by atoms with Crippen molar-refractivity contribution in [3.63, 3.8) is 0 Å². The van der Waals surface area contributed by atoms with Gasteiger partial charge in [0.1, 0.15) is 5.82 Å². The van der Waals surface area contributed by atoms with E-state index in [0.717, 1.165) is 42.8 Å². The molecular weight excluding hydrogens is 236 g/mol. The third-order valence-electron chi connectivity index (χ3n) is 3.82. The third kappa shape index (κ3) is 4.37. The van der Waals surface area contributed by atoms with Crippen LogP contribution in [0.15, 0.2) is 6.20 Å². The number of anilines is 2. The highest BCUT2D eigenvalue weighted by Crippen LogP contribution is 2.27. The number of rotatable bonds is 7. The largest absolute Gasteiger partial charge is 0.370 e. The second-order valence-corrected chi connectivity index (χ2v) is 5.52. The molecule has 2 N–H and O–H groups in total. The molecule has 1 aromatic rings. The van der Waals surface area contributed by atoms with Gasteiger partial charge in [0.2, 0.25) is 5.95 Å². The van der Waals surface area contributed by atoms with Crippen LogP contribution in [-0.4, -0.2) is 23.1 Å². The van der Waals surface area contributed by atoms with Crippen molar-refractivity contribution < 1.29 is 0 Å². The first-order chi connectivity index (χ1) is 9.29. The molecule has 1 heterocycles. The van der Waals surface area contributed by atoms with E-state index in [0.29, 0.717) is 0 Å². The smallest absolute Gasteiger partial charge is 0.224 e. The molecule has 106 valence electrons. The summed E-state index contributed by atoms with van der Waals surface area (Å²) in [6.45, 7) is 6.14. The van der Waals surface area contributed by atoms with Gasteiger partial charge in [-0.25, -0.2) is 4.98 Å². The lowest BCUT2D eigenvalue weighted by molar-refractivity contribution is 0.518. The summed E-state index contributed by atoms with van der Waals surface area (Å²) in [5.41, 5.74) is 1.12. The van der Waals surface area contributed by atoms with E-state index in [1.54, 1.807) is 0 Å². The Morgan fingerprint density at radius 1 is 1.21 bits per heavy atom. The van der Waals surface area contributed by atoms with Gasteiger partial charge in [0.15, 0.2) is 0 Å². The summed E-state index contributed by atoms with van der Waals surface area (Å²) in [6.07, 6.45) is 9.90. The van der Waals surface area contributed by atoms with E-state index in [9.17, 15) is 0 Å². The van der Waals surface area contributed by atoms with E-state index >= 15 is 0 Å². The molecule has 19 heavy (non-hydrogen) atoms. The molecule has 1 fully saturated rings. The zero-order valence-corrected chi connectivity index (χ0v) is 12.2. The molecule has 4 heteroatoms. The van der Waals surface area contributed by atoms with Crippen molar-refractivity contribution in [2.45, 2.75) is 52.4 Å². The van der Waals surface area contributed by atoms with E-state index in [2.05, 4.69) is 34.4 Å². The molecule has 1 aromatic heterocycles. The molecule has 2 rings (SSSR count). The van der Waals surface area contributed by atoms with E-state index in [-0.39, 0.29) is 0 Å². The second kappa shape index (κ2) is 7.31. The summed E-state index contributed by atoms with van der Waals surface area (Å²) in [5, 5.41) is 6.70. The zero-order valence-electron chi connectivity index (χ0n) is 12.2. The van der Waals surface area contributed by atoms with Gasteiger partial charge >= 0.3 is 0 Å². The fraction of sp³-hybridized carbons (Fsp3) is 0.733. The average Bonchev–Trinajstić information content (AvgIpc) is 2.92. The Labute approximate surface area is 116 Å². The molecule has 1 aliphatic rings. The van der Waals surface area contributed by atoms with Crippen LogP contribution in [0.1, 0.15) is 51.0 Å². The normalized spacial score (nSPS) is 15.7. The standard InChI is InChI=1S/C15H26N4/c1-3-9-17-15-18-11-12(2)14(19-15)16-10-8-13-6-4-5-7-13/h11,13H,3-10H2,1-2H3,(H2,16,17,18,19). The Balaban J connectivity index is 1.83. The summed E-state index contributed by atoms with van der Waals surface area (Å²) < 4.78 is 0. The van der Waals surface area contributed by atoms with Crippen LogP contribution < -0.4 is 10.6 Å². The van der Waals surface area contributed by atoms with Crippen molar-refractivity contribution in [1.82, 2.24) is 9.97 Å². The van der Waals surface area contributed by atoms with Crippen LogP contribution in [0.5, 0.6) is 0 Å². The van der Waals surface area contributed by atoms with Crippen molar-refractivity contribution in [2.75, 3.05) is 23.7 Å². The summed E-state index contributed by atoms with van der Waals surface area (Å²) >= 11 is 0. The van der Waals surface area contributed by atoms with Gasteiger partial charge < -0.3 is 10.6 Å². The first kappa shape index (κ1) is 14.1. The molecular formula is C15H26N4. The Morgan fingerprint density at radius 2 is 2.00 bits per heavy atom. The number of nitrogens with one attached hydrogen (secondary N) is 2. The van der Waals surface area contributed by atoms with Crippen LogP contribution in [-0.2, 0) is 0 Å². The zero-order chi connectivity index (χ0) is 13.5. The lowest BCUT2D eigenvalue weighted by Gasteiger charge is -2.13. The van der Waals surface area contributed by atoms with Gasteiger partial charge in [-0.15, -0.1) is 0 Å². The monoisotopic (exact) mass is 262 g/mol. The molecule has 1 aliphatic carbocycles. The predicted octanol–water partition coefficient (Wildman–Crippen LogP) is 3.60. The highest BCUT2D eigenvalue weighted by atomic mass is 15.1. The Bertz CT molecular complexity index is 386. The highest BCUT2D eigenvalue weighted by Gasteiger charge is 2.14. The van der Waals surface area contributed by atoms with Gasteiger partial charge in [0.25, 0.3) is 0 Å². The Kier molecular flexibility index (Phi) is 5.43. The summed E-state index contributed by atoms with van der Waals surface area (Å²) in [5.74, 6) is 2.63. The molecule has 1 saturated carbocycles. The third-order valence-corrected chi connectivity index (χ3v) is 3.82. The molecule has 0 spiro atoms. The highest BCUT2D eigenvalue weighted by molar-refractivity contribution is 5.46. The molecule has 0 saturated heterocycles. The number of nitrogens with zero attached hydrogens (tertiary/aromatic N) is 2. The van der Waals surface area contributed by atoms with Crippen LogP contribution in [0.25, 0.3) is 0 Å². The van der Waals surface area contributed by atoms with Crippen LogP contribution in [0.4, 0.5) is 11.8 Å². The lowest BCUT2D eigenvalue weighted by atomic mass is 10.0. The first-order valence-corrected chi connectivity index (χ1v) is 7.61. The average molecular weight is 262 g/mol. The Morgan fingerprint density at radius 3 is 2.74 bits per heavy atom. The van der Waals surface area contributed by atoms with Crippen molar-refractivity contribution in [3.05, 3.63) is 11.8 Å². The maximum atomic E-state index is 4.54. The van der Waals surface area contributed by atoms with Crippen molar-refractivity contribution in [2.24, 2.45) is 5.92 Å².